The maximum absolute atomic E-state index is 2.57. The average Bonchev–Trinajstić information content (AvgIpc) is 3.67. The molecule has 1 heteroatoms. The molecule has 0 saturated carbocycles. The van der Waals surface area contributed by atoms with Gasteiger partial charge in [0, 0.05) is 16.8 Å². The molecule has 302 valence electrons. The van der Waals surface area contributed by atoms with E-state index in [9.17, 15) is 0 Å². The lowest BCUT2D eigenvalue weighted by Gasteiger charge is -2.36. The van der Waals surface area contributed by atoms with Gasteiger partial charge in [-0.15, -0.1) is 0 Å². The number of nitrogens with zero attached hydrogens (tertiary/aromatic N) is 1. The summed E-state index contributed by atoms with van der Waals surface area (Å²) in [6.45, 7) is 9.38. The van der Waals surface area contributed by atoms with E-state index >= 15 is 0 Å². The Morgan fingerprint density at radius 2 is 0.810 bits per heavy atom. The molecule has 9 aromatic carbocycles. The zero-order chi connectivity index (χ0) is 42.5. The first-order valence-electron chi connectivity index (χ1n) is 22.6. The topological polar surface area (TPSA) is 3.24 Å². The van der Waals surface area contributed by atoms with Crippen molar-refractivity contribution in [3.05, 3.63) is 256 Å². The standard InChI is InChI=1S/C62H49N/c1-40-35-47(46-22-16-21-45(37-46)42-17-6-5-7-18-42)36-41(2)60(40)63(48-31-33-52-50-23-10-14-27-56(50)61(3,4)58(52)38-48)49-32-34-53-51-24-11-15-28-57(51)62(59(53)39-49)54-25-12-8-19-43(54)29-30-44-20-9-13-26-55(44)62/h5-28,31-39H,29-30H2,1-4H3. The third kappa shape index (κ3) is 5.55. The van der Waals surface area contributed by atoms with Crippen LogP contribution in [0.5, 0.6) is 0 Å². The molecule has 9 aromatic rings. The van der Waals surface area contributed by atoms with Crippen LogP contribution in [-0.2, 0) is 23.7 Å². The number of hydrogen-bond acceptors (Lipinski definition) is 1. The maximum atomic E-state index is 2.57. The molecule has 0 radical (unpaired) electrons. The van der Waals surface area contributed by atoms with E-state index in [4.69, 9.17) is 0 Å². The van der Waals surface area contributed by atoms with Crippen LogP contribution < -0.4 is 4.90 Å². The van der Waals surface area contributed by atoms with Crippen LogP contribution in [-0.4, -0.2) is 0 Å². The lowest BCUT2D eigenvalue weighted by Crippen LogP contribution is -2.30. The molecule has 0 atom stereocenters. The molecule has 1 nitrogen and oxygen atoms in total. The molecule has 0 saturated heterocycles. The van der Waals surface area contributed by atoms with Gasteiger partial charge in [-0.05, 0) is 169 Å². The summed E-state index contributed by atoms with van der Waals surface area (Å²) in [6.07, 6.45) is 2.04. The van der Waals surface area contributed by atoms with Crippen LogP contribution in [0, 0.1) is 13.8 Å². The van der Waals surface area contributed by atoms with E-state index in [0.717, 1.165) is 12.8 Å². The summed E-state index contributed by atoms with van der Waals surface area (Å²) in [4.78, 5) is 2.57. The van der Waals surface area contributed by atoms with Crippen molar-refractivity contribution in [2.75, 3.05) is 4.90 Å². The van der Waals surface area contributed by atoms with Gasteiger partial charge in [0.2, 0.25) is 0 Å². The monoisotopic (exact) mass is 807 g/mol. The van der Waals surface area contributed by atoms with Crippen LogP contribution in [0.15, 0.2) is 200 Å². The van der Waals surface area contributed by atoms with Crippen molar-refractivity contribution >= 4 is 17.1 Å². The van der Waals surface area contributed by atoms with Gasteiger partial charge in [-0.3, -0.25) is 0 Å². The fraction of sp³-hybridized carbons (Fsp3) is 0.129. The largest absolute Gasteiger partial charge is 0.310 e. The second kappa shape index (κ2) is 14.2. The Labute approximate surface area is 372 Å². The van der Waals surface area contributed by atoms with Crippen LogP contribution in [0.2, 0.25) is 0 Å². The molecular formula is C62H49N. The molecule has 3 aliphatic carbocycles. The van der Waals surface area contributed by atoms with Gasteiger partial charge in [-0.2, -0.15) is 0 Å². The van der Waals surface area contributed by atoms with Gasteiger partial charge >= 0.3 is 0 Å². The van der Waals surface area contributed by atoms with Crippen molar-refractivity contribution < 1.29 is 0 Å². The van der Waals surface area contributed by atoms with Crippen LogP contribution in [0.1, 0.15) is 69.5 Å². The average molecular weight is 808 g/mol. The Hall–Kier alpha value is -7.22. The van der Waals surface area contributed by atoms with E-state index < -0.39 is 5.41 Å². The first-order valence-corrected chi connectivity index (χ1v) is 22.6. The van der Waals surface area contributed by atoms with Gasteiger partial charge in [-0.1, -0.05) is 172 Å². The molecule has 0 aromatic heterocycles. The summed E-state index contributed by atoms with van der Waals surface area (Å²) in [5.41, 5.74) is 26.8. The molecular weight excluding hydrogens is 759 g/mol. The van der Waals surface area contributed by atoms with Gasteiger partial charge in [0.25, 0.3) is 0 Å². The predicted octanol–water partition coefficient (Wildman–Crippen LogP) is 15.9. The number of hydrogen-bond donors (Lipinski definition) is 0. The molecule has 0 aliphatic heterocycles. The predicted molar refractivity (Wildman–Crippen MR) is 264 cm³/mol. The van der Waals surface area contributed by atoms with Crippen molar-refractivity contribution in [1.29, 1.82) is 0 Å². The van der Waals surface area contributed by atoms with E-state index in [1.807, 2.05) is 0 Å². The fourth-order valence-electron chi connectivity index (χ4n) is 11.8. The third-order valence-electron chi connectivity index (χ3n) is 14.6. The van der Waals surface area contributed by atoms with Gasteiger partial charge in [-0.25, -0.2) is 0 Å². The Bertz CT molecular complexity index is 3220. The molecule has 3 aliphatic rings. The van der Waals surface area contributed by atoms with Crippen molar-refractivity contribution in [2.24, 2.45) is 0 Å². The van der Waals surface area contributed by atoms with Gasteiger partial charge < -0.3 is 4.90 Å². The van der Waals surface area contributed by atoms with Crippen molar-refractivity contribution in [1.82, 2.24) is 0 Å². The summed E-state index contributed by atoms with van der Waals surface area (Å²) < 4.78 is 0. The lowest BCUT2D eigenvalue weighted by molar-refractivity contribution is 0.660. The number of aryl methyl sites for hydroxylation is 4. The zero-order valence-corrected chi connectivity index (χ0v) is 36.4. The minimum atomic E-state index is -0.462. The number of fused-ring (bicyclic) bond motifs is 12. The molecule has 0 fully saturated rings. The SMILES string of the molecule is Cc1cc(-c2cccc(-c3ccccc3)c2)cc(C)c1N(c1ccc2c(c1)C(C)(C)c1ccccc1-2)c1ccc2c(c1)C1(c3ccccc3CCc3ccccc31)c1ccccc1-2. The smallest absolute Gasteiger partial charge is 0.0719 e. The maximum Gasteiger partial charge on any atom is 0.0719 e. The Morgan fingerprint density at radius 3 is 1.44 bits per heavy atom. The van der Waals surface area contributed by atoms with Crippen LogP contribution >= 0.6 is 0 Å². The van der Waals surface area contributed by atoms with E-state index in [-0.39, 0.29) is 5.41 Å². The highest BCUT2D eigenvalue weighted by Crippen LogP contribution is 2.60. The Kier molecular flexibility index (Phi) is 8.44. The van der Waals surface area contributed by atoms with Crippen LogP contribution in [0.4, 0.5) is 17.1 Å². The number of benzene rings is 9. The zero-order valence-electron chi connectivity index (χ0n) is 36.4. The van der Waals surface area contributed by atoms with E-state index in [0.29, 0.717) is 0 Å². The number of anilines is 3. The van der Waals surface area contributed by atoms with E-state index in [1.165, 1.54) is 117 Å². The normalized spacial score (nSPS) is 14.5. The third-order valence-corrected chi connectivity index (χ3v) is 14.6. The quantitative estimate of drug-likeness (QED) is 0.167. The Morgan fingerprint density at radius 1 is 0.349 bits per heavy atom. The van der Waals surface area contributed by atoms with Crippen molar-refractivity contribution in [3.63, 3.8) is 0 Å². The molecule has 12 rings (SSSR count). The second-order valence-electron chi connectivity index (χ2n) is 18.5. The second-order valence-corrected chi connectivity index (χ2v) is 18.5. The minimum Gasteiger partial charge on any atom is -0.310 e. The molecule has 0 heterocycles. The summed E-state index contributed by atoms with van der Waals surface area (Å²) in [7, 11) is 0. The molecule has 0 unspecified atom stereocenters. The lowest BCUT2D eigenvalue weighted by atomic mass is 9.66. The minimum absolute atomic E-state index is 0.136. The van der Waals surface area contributed by atoms with Crippen molar-refractivity contribution in [3.8, 4) is 44.5 Å². The highest BCUT2D eigenvalue weighted by molar-refractivity contribution is 5.92. The van der Waals surface area contributed by atoms with Crippen molar-refractivity contribution in [2.45, 2.75) is 51.4 Å². The Balaban J connectivity index is 1.10. The highest BCUT2D eigenvalue weighted by atomic mass is 15.1. The van der Waals surface area contributed by atoms with Crippen LogP contribution in [0.25, 0.3) is 44.5 Å². The van der Waals surface area contributed by atoms with Crippen LogP contribution in [0.3, 0.4) is 0 Å². The molecule has 0 amide bonds. The summed E-state index contributed by atoms with van der Waals surface area (Å²) in [5.74, 6) is 0. The van der Waals surface area contributed by atoms with E-state index in [2.05, 4.69) is 233 Å². The van der Waals surface area contributed by atoms with Gasteiger partial charge in [0.1, 0.15) is 0 Å². The highest BCUT2D eigenvalue weighted by Gasteiger charge is 2.49. The summed E-state index contributed by atoms with van der Waals surface area (Å²) in [6, 6.07) is 75.7. The molecule has 0 N–H and O–H groups in total. The first kappa shape index (κ1) is 37.5. The number of rotatable bonds is 5. The molecule has 63 heavy (non-hydrogen) atoms. The molecule has 1 spiro atoms. The summed E-state index contributed by atoms with van der Waals surface area (Å²) in [5, 5.41) is 0. The molecule has 0 bridgehead atoms. The van der Waals surface area contributed by atoms with E-state index in [1.54, 1.807) is 0 Å². The van der Waals surface area contributed by atoms with Gasteiger partial charge in [0.15, 0.2) is 0 Å². The fourth-order valence-corrected chi connectivity index (χ4v) is 11.8. The first-order chi connectivity index (χ1) is 30.8. The van der Waals surface area contributed by atoms with Gasteiger partial charge in [0.05, 0.1) is 11.1 Å². The summed E-state index contributed by atoms with van der Waals surface area (Å²) >= 11 is 0.